The monoisotopic (exact) mass is 126 g/mol. The average molecular weight is 126 g/mol. The summed E-state index contributed by atoms with van der Waals surface area (Å²) in [7, 11) is 0. The van der Waals surface area contributed by atoms with Gasteiger partial charge in [0.25, 0.3) is 0 Å². The highest BCUT2D eigenvalue weighted by atomic mass is 16.6. The summed E-state index contributed by atoms with van der Waals surface area (Å²) in [5, 5.41) is 8.70. The number of epoxide rings is 1. The van der Waals surface area contributed by atoms with Crippen molar-refractivity contribution < 1.29 is 9.84 Å². The normalized spacial score (nSPS) is 39.4. The molecule has 2 unspecified atom stereocenters. The van der Waals surface area contributed by atoms with E-state index in [1.807, 2.05) is 6.08 Å². The summed E-state index contributed by atoms with van der Waals surface area (Å²) >= 11 is 0. The second-order valence-corrected chi connectivity index (χ2v) is 2.66. The van der Waals surface area contributed by atoms with Gasteiger partial charge in [-0.25, -0.2) is 0 Å². The van der Waals surface area contributed by atoms with Gasteiger partial charge in [-0.1, -0.05) is 6.08 Å². The second-order valence-electron chi connectivity index (χ2n) is 2.66. The van der Waals surface area contributed by atoms with Crippen LogP contribution in [0.3, 0.4) is 0 Å². The third kappa shape index (κ3) is 0.884. The Kier molecular flexibility index (Phi) is 1.10. The standard InChI is InChI=1S/C7H10O2/c8-4-5-1-2-6-7(3-5)9-6/h3,6-8H,1-2,4H2. The van der Waals surface area contributed by atoms with Gasteiger partial charge >= 0.3 is 0 Å². The number of rotatable bonds is 1. The van der Waals surface area contributed by atoms with Gasteiger partial charge in [0, 0.05) is 0 Å². The first-order valence-corrected chi connectivity index (χ1v) is 3.36. The Labute approximate surface area is 54.1 Å². The predicted molar refractivity (Wildman–Crippen MR) is 33.1 cm³/mol. The largest absolute Gasteiger partial charge is 0.392 e. The lowest BCUT2D eigenvalue weighted by Crippen LogP contribution is -2.03. The summed E-state index contributed by atoms with van der Waals surface area (Å²) < 4.78 is 5.22. The summed E-state index contributed by atoms with van der Waals surface area (Å²) in [5.41, 5.74) is 1.15. The number of ether oxygens (including phenoxy) is 1. The predicted octanol–water partition coefficient (Wildman–Crippen LogP) is 0.466. The fourth-order valence-electron chi connectivity index (χ4n) is 1.31. The molecule has 1 saturated heterocycles. The molecule has 0 aromatic carbocycles. The minimum absolute atomic E-state index is 0.215. The van der Waals surface area contributed by atoms with Crippen molar-refractivity contribution >= 4 is 0 Å². The molecule has 1 heterocycles. The minimum atomic E-state index is 0.215. The lowest BCUT2D eigenvalue weighted by molar-refractivity contribution is 0.323. The van der Waals surface area contributed by atoms with E-state index in [9.17, 15) is 0 Å². The van der Waals surface area contributed by atoms with Crippen molar-refractivity contribution in [1.82, 2.24) is 0 Å². The lowest BCUT2D eigenvalue weighted by atomic mass is 10.0. The van der Waals surface area contributed by atoms with E-state index in [1.54, 1.807) is 0 Å². The molecule has 50 valence electrons. The third-order valence-corrected chi connectivity index (χ3v) is 1.97. The van der Waals surface area contributed by atoms with E-state index in [0.29, 0.717) is 12.2 Å². The Morgan fingerprint density at radius 1 is 1.78 bits per heavy atom. The Hall–Kier alpha value is -0.340. The third-order valence-electron chi connectivity index (χ3n) is 1.97. The molecule has 2 heteroatoms. The van der Waals surface area contributed by atoms with Crippen molar-refractivity contribution in [3.8, 4) is 0 Å². The Bertz CT molecular complexity index is 151. The maximum atomic E-state index is 8.70. The molecule has 0 bridgehead atoms. The number of hydrogen-bond donors (Lipinski definition) is 1. The molecule has 2 aliphatic rings. The van der Waals surface area contributed by atoms with Gasteiger partial charge in [-0.05, 0) is 18.4 Å². The smallest absolute Gasteiger partial charge is 0.103 e. The molecule has 1 aliphatic heterocycles. The van der Waals surface area contributed by atoms with Gasteiger partial charge in [-0.2, -0.15) is 0 Å². The van der Waals surface area contributed by atoms with Gasteiger partial charge in [0.2, 0.25) is 0 Å². The van der Waals surface area contributed by atoms with Gasteiger partial charge in [-0.15, -0.1) is 0 Å². The van der Waals surface area contributed by atoms with Crippen molar-refractivity contribution in [2.24, 2.45) is 0 Å². The summed E-state index contributed by atoms with van der Waals surface area (Å²) in [6.07, 6.45) is 5.05. The fraction of sp³-hybridized carbons (Fsp3) is 0.714. The Balaban J connectivity index is 2.06. The van der Waals surface area contributed by atoms with Crippen LogP contribution in [-0.4, -0.2) is 23.9 Å². The molecule has 1 fully saturated rings. The van der Waals surface area contributed by atoms with Crippen LogP contribution in [0.4, 0.5) is 0 Å². The topological polar surface area (TPSA) is 32.8 Å². The molecule has 0 amide bonds. The molecular weight excluding hydrogens is 116 g/mol. The van der Waals surface area contributed by atoms with Crippen molar-refractivity contribution in [2.45, 2.75) is 25.0 Å². The second kappa shape index (κ2) is 1.82. The van der Waals surface area contributed by atoms with E-state index in [1.165, 1.54) is 0 Å². The lowest BCUT2D eigenvalue weighted by Gasteiger charge is -2.04. The highest BCUT2D eigenvalue weighted by Crippen LogP contribution is 2.34. The molecule has 1 aliphatic carbocycles. The van der Waals surface area contributed by atoms with Crippen LogP contribution in [0.5, 0.6) is 0 Å². The van der Waals surface area contributed by atoms with E-state index in [4.69, 9.17) is 9.84 Å². The van der Waals surface area contributed by atoms with Gasteiger partial charge in [-0.3, -0.25) is 0 Å². The number of aliphatic hydroxyl groups is 1. The number of hydrogen-bond acceptors (Lipinski definition) is 2. The highest BCUT2D eigenvalue weighted by Gasteiger charge is 2.39. The van der Waals surface area contributed by atoms with E-state index in [-0.39, 0.29) is 6.61 Å². The molecule has 0 aromatic rings. The van der Waals surface area contributed by atoms with Crippen LogP contribution in [0.1, 0.15) is 12.8 Å². The van der Waals surface area contributed by atoms with Crippen LogP contribution in [0, 0.1) is 0 Å². The summed E-state index contributed by atoms with van der Waals surface area (Å²) in [5.74, 6) is 0. The average Bonchev–Trinajstić information content (AvgIpc) is 2.64. The zero-order chi connectivity index (χ0) is 6.27. The highest BCUT2D eigenvalue weighted by molar-refractivity contribution is 5.17. The molecule has 0 saturated carbocycles. The molecule has 9 heavy (non-hydrogen) atoms. The molecular formula is C7H10O2. The fourth-order valence-corrected chi connectivity index (χ4v) is 1.31. The van der Waals surface area contributed by atoms with Crippen LogP contribution in [0.2, 0.25) is 0 Å². The zero-order valence-electron chi connectivity index (χ0n) is 5.21. The first-order chi connectivity index (χ1) is 4.40. The quantitative estimate of drug-likeness (QED) is 0.409. The Morgan fingerprint density at radius 2 is 2.67 bits per heavy atom. The summed E-state index contributed by atoms with van der Waals surface area (Å²) in [6.45, 7) is 0.215. The molecule has 2 nitrogen and oxygen atoms in total. The van der Waals surface area contributed by atoms with Crippen molar-refractivity contribution in [3.05, 3.63) is 11.6 Å². The Morgan fingerprint density at radius 3 is 3.33 bits per heavy atom. The maximum absolute atomic E-state index is 8.70. The molecule has 1 N–H and O–H groups in total. The van der Waals surface area contributed by atoms with Crippen LogP contribution in [0.25, 0.3) is 0 Å². The van der Waals surface area contributed by atoms with E-state index in [0.717, 1.165) is 18.4 Å². The van der Waals surface area contributed by atoms with E-state index < -0.39 is 0 Å². The minimum Gasteiger partial charge on any atom is -0.392 e. The van der Waals surface area contributed by atoms with Crippen molar-refractivity contribution in [1.29, 1.82) is 0 Å². The van der Waals surface area contributed by atoms with E-state index >= 15 is 0 Å². The molecule has 0 aromatic heterocycles. The van der Waals surface area contributed by atoms with Gasteiger partial charge in [0.15, 0.2) is 0 Å². The zero-order valence-corrected chi connectivity index (χ0v) is 5.21. The first-order valence-electron chi connectivity index (χ1n) is 3.36. The summed E-state index contributed by atoms with van der Waals surface area (Å²) in [4.78, 5) is 0. The molecule has 0 spiro atoms. The SMILES string of the molecule is OCC1=CC2OC2CC1. The number of fused-ring (bicyclic) bond motifs is 1. The van der Waals surface area contributed by atoms with Gasteiger partial charge in [0.05, 0.1) is 12.7 Å². The maximum Gasteiger partial charge on any atom is 0.103 e. The van der Waals surface area contributed by atoms with Crippen molar-refractivity contribution in [3.63, 3.8) is 0 Å². The van der Waals surface area contributed by atoms with Gasteiger partial charge in [0.1, 0.15) is 6.10 Å². The van der Waals surface area contributed by atoms with Crippen LogP contribution in [-0.2, 0) is 4.74 Å². The number of aliphatic hydroxyl groups excluding tert-OH is 1. The molecule has 2 atom stereocenters. The molecule has 2 rings (SSSR count). The van der Waals surface area contributed by atoms with Gasteiger partial charge < -0.3 is 9.84 Å². The van der Waals surface area contributed by atoms with Crippen LogP contribution >= 0.6 is 0 Å². The molecule has 0 radical (unpaired) electrons. The van der Waals surface area contributed by atoms with Crippen LogP contribution < -0.4 is 0 Å². The first kappa shape index (κ1) is 5.45. The van der Waals surface area contributed by atoms with Crippen LogP contribution in [0.15, 0.2) is 11.6 Å². The van der Waals surface area contributed by atoms with Crippen molar-refractivity contribution in [2.75, 3.05) is 6.61 Å². The van der Waals surface area contributed by atoms with E-state index in [2.05, 4.69) is 0 Å². The summed E-state index contributed by atoms with van der Waals surface area (Å²) in [6, 6.07) is 0.